The van der Waals surface area contributed by atoms with Crippen molar-refractivity contribution in [2.24, 2.45) is 0 Å². The summed E-state index contributed by atoms with van der Waals surface area (Å²) in [6, 6.07) is 18.8. The predicted octanol–water partition coefficient (Wildman–Crippen LogP) is 3.60. The van der Waals surface area contributed by atoms with Crippen molar-refractivity contribution >= 4 is 22.3 Å². The average Bonchev–Trinajstić information content (AvgIpc) is 2.72. The zero-order valence-electron chi connectivity index (χ0n) is 15.5. The third-order valence-corrected chi connectivity index (χ3v) is 4.66. The Morgan fingerprint density at radius 1 is 1.04 bits per heavy atom. The molecule has 0 aliphatic rings. The van der Waals surface area contributed by atoms with Crippen LogP contribution in [0.1, 0.15) is 24.4 Å². The summed E-state index contributed by atoms with van der Waals surface area (Å²) in [6.45, 7) is 2.46. The van der Waals surface area contributed by atoms with E-state index in [0.29, 0.717) is 18.1 Å². The van der Waals surface area contributed by atoms with E-state index in [1.54, 1.807) is 29.1 Å². The van der Waals surface area contributed by atoms with Gasteiger partial charge in [-0.1, -0.05) is 30.3 Å². The second kappa shape index (κ2) is 7.52. The number of anilines is 2. The number of hydrogen-bond donors (Lipinski definition) is 2. The normalized spacial score (nSPS) is 12.0. The zero-order chi connectivity index (χ0) is 19.5. The Balaban J connectivity index is 1.79. The highest BCUT2D eigenvalue weighted by molar-refractivity contribution is 5.93. The van der Waals surface area contributed by atoms with Crippen molar-refractivity contribution in [3.05, 3.63) is 94.8 Å². The van der Waals surface area contributed by atoms with Crippen LogP contribution in [0.5, 0.6) is 0 Å². The molecule has 0 amide bonds. The number of nitrogens with two attached hydrogens (primary N) is 1. The first-order valence-electron chi connectivity index (χ1n) is 9.12. The first kappa shape index (κ1) is 17.7. The van der Waals surface area contributed by atoms with Gasteiger partial charge in [0.2, 0.25) is 0 Å². The molecule has 2 heterocycles. The largest absolute Gasteiger partial charge is 0.399 e. The summed E-state index contributed by atoms with van der Waals surface area (Å²) in [5.41, 5.74) is 9.21. The maximum absolute atomic E-state index is 12.9. The molecular weight excluding hydrogens is 350 g/mol. The van der Waals surface area contributed by atoms with E-state index in [-0.39, 0.29) is 11.6 Å². The molecule has 1 atom stereocenters. The molecule has 3 N–H and O–H groups in total. The smallest absolute Gasteiger partial charge is 0.253 e. The van der Waals surface area contributed by atoms with Crippen LogP contribution in [0.15, 0.2) is 77.9 Å². The van der Waals surface area contributed by atoms with Gasteiger partial charge in [-0.15, -0.1) is 0 Å². The predicted molar refractivity (Wildman–Crippen MR) is 112 cm³/mol. The van der Waals surface area contributed by atoms with E-state index in [2.05, 4.69) is 15.3 Å². The summed E-state index contributed by atoms with van der Waals surface area (Å²) < 4.78 is 1.76. The Bertz CT molecular complexity index is 1160. The van der Waals surface area contributed by atoms with Crippen LogP contribution in [-0.2, 0) is 6.54 Å². The van der Waals surface area contributed by atoms with Crippen LogP contribution >= 0.6 is 0 Å². The van der Waals surface area contributed by atoms with Crippen LogP contribution in [0.4, 0.5) is 11.4 Å². The van der Waals surface area contributed by atoms with Gasteiger partial charge in [-0.05, 0) is 36.8 Å². The minimum atomic E-state index is -0.157. The topological polar surface area (TPSA) is 85.8 Å². The second-order valence-electron chi connectivity index (χ2n) is 6.72. The first-order valence-corrected chi connectivity index (χ1v) is 9.12. The Kier molecular flexibility index (Phi) is 4.76. The van der Waals surface area contributed by atoms with Gasteiger partial charge in [-0.25, -0.2) is 9.97 Å². The summed E-state index contributed by atoms with van der Waals surface area (Å²) >= 11 is 0. The van der Waals surface area contributed by atoms with Crippen molar-refractivity contribution < 1.29 is 0 Å². The first-order chi connectivity index (χ1) is 13.6. The lowest BCUT2D eigenvalue weighted by Gasteiger charge is -2.18. The third kappa shape index (κ3) is 3.57. The monoisotopic (exact) mass is 371 g/mol. The van der Waals surface area contributed by atoms with Gasteiger partial charge in [-0.2, -0.15) is 0 Å². The van der Waals surface area contributed by atoms with E-state index in [4.69, 9.17) is 5.73 Å². The fraction of sp³-hybridized carbons (Fsp3) is 0.136. The van der Waals surface area contributed by atoms with Gasteiger partial charge in [0.1, 0.15) is 5.82 Å². The van der Waals surface area contributed by atoms with E-state index < -0.39 is 0 Å². The van der Waals surface area contributed by atoms with Crippen molar-refractivity contribution in [1.82, 2.24) is 14.5 Å². The molecule has 1 unspecified atom stereocenters. The number of nitrogen functional groups attached to an aromatic ring is 1. The molecule has 0 spiro atoms. The lowest BCUT2D eigenvalue weighted by molar-refractivity contribution is 0.779. The molecule has 0 saturated carbocycles. The third-order valence-electron chi connectivity index (χ3n) is 4.66. The summed E-state index contributed by atoms with van der Waals surface area (Å²) in [7, 11) is 0. The summed E-state index contributed by atoms with van der Waals surface area (Å²) in [5.74, 6) is 0.660. The fourth-order valence-corrected chi connectivity index (χ4v) is 3.28. The number of nitrogens with one attached hydrogen (secondary N) is 1. The van der Waals surface area contributed by atoms with Crippen LogP contribution < -0.4 is 16.6 Å². The van der Waals surface area contributed by atoms with Gasteiger partial charge in [0, 0.05) is 35.2 Å². The standard InChI is InChI=1S/C22H21N5O/c1-15(22-24-10-5-11-25-22)26-19-13-21(28)27(14-16-6-3-2-4-7-16)20-9-8-17(23)12-18(19)20/h2-13,15,26H,14,23H2,1H3. The van der Waals surface area contributed by atoms with E-state index in [1.807, 2.05) is 55.5 Å². The number of hydrogen-bond acceptors (Lipinski definition) is 5. The van der Waals surface area contributed by atoms with Crippen molar-refractivity contribution in [2.75, 3.05) is 11.1 Å². The number of fused-ring (bicyclic) bond motifs is 1. The highest BCUT2D eigenvalue weighted by Crippen LogP contribution is 2.27. The van der Waals surface area contributed by atoms with Crippen LogP contribution in [0.2, 0.25) is 0 Å². The van der Waals surface area contributed by atoms with E-state index in [1.165, 1.54) is 0 Å². The summed E-state index contributed by atoms with van der Waals surface area (Å²) in [6.07, 6.45) is 3.41. The molecule has 0 saturated heterocycles. The van der Waals surface area contributed by atoms with Gasteiger partial charge in [0.05, 0.1) is 18.1 Å². The number of pyridine rings is 1. The van der Waals surface area contributed by atoms with Crippen molar-refractivity contribution in [3.63, 3.8) is 0 Å². The van der Waals surface area contributed by atoms with E-state index >= 15 is 0 Å². The number of nitrogens with zero attached hydrogens (tertiary/aromatic N) is 3. The molecular formula is C22H21N5O. The highest BCUT2D eigenvalue weighted by atomic mass is 16.1. The Labute approximate surface area is 162 Å². The molecule has 4 aromatic rings. The summed E-state index contributed by atoms with van der Waals surface area (Å²) in [4.78, 5) is 21.5. The van der Waals surface area contributed by atoms with E-state index in [0.717, 1.165) is 22.2 Å². The minimum absolute atomic E-state index is 0.0789. The maximum atomic E-state index is 12.9. The fourth-order valence-electron chi connectivity index (χ4n) is 3.28. The number of benzene rings is 2. The molecule has 28 heavy (non-hydrogen) atoms. The van der Waals surface area contributed by atoms with Crippen LogP contribution in [-0.4, -0.2) is 14.5 Å². The molecule has 6 heteroatoms. The number of aromatic nitrogens is 3. The number of rotatable bonds is 5. The molecule has 6 nitrogen and oxygen atoms in total. The molecule has 4 rings (SSSR count). The SMILES string of the molecule is CC(Nc1cc(=O)n(Cc2ccccc2)c2ccc(N)cc12)c1ncccn1. The van der Waals surface area contributed by atoms with Gasteiger partial charge in [0.25, 0.3) is 5.56 Å². The van der Waals surface area contributed by atoms with Gasteiger partial charge in [0.15, 0.2) is 0 Å². The molecule has 2 aromatic heterocycles. The van der Waals surface area contributed by atoms with Crippen molar-refractivity contribution in [1.29, 1.82) is 0 Å². The molecule has 0 radical (unpaired) electrons. The molecule has 0 fully saturated rings. The Morgan fingerprint density at radius 2 is 1.79 bits per heavy atom. The average molecular weight is 371 g/mol. The molecule has 2 aromatic carbocycles. The van der Waals surface area contributed by atoms with Crippen molar-refractivity contribution in [2.45, 2.75) is 19.5 Å². The van der Waals surface area contributed by atoms with Crippen LogP contribution in [0, 0.1) is 0 Å². The molecule has 140 valence electrons. The van der Waals surface area contributed by atoms with Crippen molar-refractivity contribution in [3.8, 4) is 0 Å². The zero-order valence-corrected chi connectivity index (χ0v) is 15.5. The van der Waals surface area contributed by atoms with Crippen LogP contribution in [0.25, 0.3) is 10.9 Å². The Morgan fingerprint density at radius 3 is 2.54 bits per heavy atom. The summed E-state index contributed by atoms with van der Waals surface area (Å²) in [5, 5.41) is 4.25. The minimum Gasteiger partial charge on any atom is -0.399 e. The molecule has 0 aliphatic heterocycles. The van der Waals surface area contributed by atoms with E-state index in [9.17, 15) is 4.79 Å². The van der Waals surface area contributed by atoms with Gasteiger partial charge in [-0.3, -0.25) is 4.79 Å². The Hall–Kier alpha value is -3.67. The molecule has 0 bridgehead atoms. The highest BCUT2D eigenvalue weighted by Gasteiger charge is 2.14. The lowest BCUT2D eigenvalue weighted by Crippen LogP contribution is -2.22. The lowest BCUT2D eigenvalue weighted by atomic mass is 10.1. The maximum Gasteiger partial charge on any atom is 0.253 e. The molecule has 0 aliphatic carbocycles. The quantitative estimate of drug-likeness (QED) is 0.524. The van der Waals surface area contributed by atoms with Gasteiger partial charge >= 0.3 is 0 Å². The van der Waals surface area contributed by atoms with Gasteiger partial charge < -0.3 is 15.6 Å². The van der Waals surface area contributed by atoms with Crippen LogP contribution in [0.3, 0.4) is 0 Å². The second-order valence-corrected chi connectivity index (χ2v) is 6.72.